The largest absolute Gasteiger partial charge is 0.379 e. The molecular formula is C19H21N3O3. The average Bonchev–Trinajstić information content (AvgIpc) is 3.24. The van der Waals surface area contributed by atoms with Crippen molar-refractivity contribution >= 4 is 5.91 Å². The molecule has 1 fully saturated rings. The summed E-state index contributed by atoms with van der Waals surface area (Å²) in [6.45, 7) is 1.08. The van der Waals surface area contributed by atoms with Crippen LogP contribution in [-0.2, 0) is 24.0 Å². The summed E-state index contributed by atoms with van der Waals surface area (Å²) in [5.41, 5.74) is 3.13. The lowest BCUT2D eigenvalue weighted by atomic mass is 9.95. The first-order valence-corrected chi connectivity index (χ1v) is 8.73. The minimum Gasteiger partial charge on any atom is -0.379 e. The molecule has 3 heterocycles. The Labute approximate surface area is 145 Å². The van der Waals surface area contributed by atoms with Crippen LogP contribution in [0.1, 0.15) is 33.6 Å². The summed E-state index contributed by atoms with van der Waals surface area (Å²) in [4.78, 5) is 31.7. The summed E-state index contributed by atoms with van der Waals surface area (Å²) in [5, 5.41) is 3.00. The Morgan fingerprint density at radius 1 is 1.28 bits per heavy atom. The first-order chi connectivity index (χ1) is 12.2. The van der Waals surface area contributed by atoms with Crippen molar-refractivity contribution in [2.45, 2.75) is 31.7 Å². The number of nitrogens with one attached hydrogen (secondary N) is 2. The maximum Gasteiger partial charge on any atom is 0.261 e. The molecule has 0 bridgehead atoms. The van der Waals surface area contributed by atoms with E-state index in [0.29, 0.717) is 13.2 Å². The van der Waals surface area contributed by atoms with E-state index in [1.165, 1.54) is 5.56 Å². The fourth-order valence-electron chi connectivity index (χ4n) is 3.71. The molecule has 25 heavy (non-hydrogen) atoms. The molecule has 1 aliphatic heterocycles. The van der Waals surface area contributed by atoms with Gasteiger partial charge in [-0.1, -0.05) is 0 Å². The monoisotopic (exact) mass is 339 g/mol. The van der Waals surface area contributed by atoms with Gasteiger partial charge in [-0.05, 0) is 55.0 Å². The molecule has 6 heteroatoms. The normalized spacial score (nSPS) is 21.9. The third-order valence-corrected chi connectivity index (χ3v) is 5.09. The second kappa shape index (κ2) is 6.80. The number of rotatable bonds is 4. The first kappa shape index (κ1) is 16.0. The second-order valence-corrected chi connectivity index (χ2v) is 6.81. The van der Waals surface area contributed by atoms with Crippen LogP contribution < -0.4 is 10.9 Å². The maximum absolute atomic E-state index is 12.6. The summed E-state index contributed by atoms with van der Waals surface area (Å²) < 4.78 is 5.57. The number of nitrogens with zero attached hydrogens (tertiary/aromatic N) is 1. The Morgan fingerprint density at radius 2 is 2.12 bits per heavy atom. The minimum absolute atomic E-state index is 0.0895. The topological polar surface area (TPSA) is 84.1 Å². The number of pyridine rings is 2. The van der Waals surface area contributed by atoms with E-state index in [-0.39, 0.29) is 29.0 Å². The molecule has 6 nitrogen and oxygen atoms in total. The van der Waals surface area contributed by atoms with Gasteiger partial charge in [0.15, 0.2) is 0 Å². The molecule has 0 spiro atoms. The number of hydrogen-bond acceptors (Lipinski definition) is 4. The van der Waals surface area contributed by atoms with Crippen LogP contribution in [0.5, 0.6) is 0 Å². The molecule has 1 amide bonds. The number of aryl methyl sites for hydroxylation is 2. The molecule has 0 unspecified atom stereocenters. The molecule has 0 saturated carbocycles. The fourth-order valence-corrected chi connectivity index (χ4v) is 3.71. The Hall–Kier alpha value is -2.47. The van der Waals surface area contributed by atoms with E-state index in [2.05, 4.69) is 15.3 Å². The molecule has 0 radical (unpaired) electrons. The SMILES string of the molecule is O=C(N[C@@H]1COC[C@H]1Cc1ccncc1)c1cc2c([nH]c1=O)CCC2. The van der Waals surface area contributed by atoms with E-state index in [0.717, 1.165) is 36.9 Å². The van der Waals surface area contributed by atoms with Crippen LogP contribution in [0.2, 0.25) is 0 Å². The van der Waals surface area contributed by atoms with Gasteiger partial charge in [0.1, 0.15) is 5.56 Å². The number of ether oxygens (including phenoxy) is 1. The van der Waals surface area contributed by atoms with E-state index in [1.807, 2.05) is 12.1 Å². The summed E-state index contributed by atoms with van der Waals surface area (Å²) in [6, 6.07) is 5.61. The quantitative estimate of drug-likeness (QED) is 0.878. The van der Waals surface area contributed by atoms with Crippen molar-refractivity contribution in [2.75, 3.05) is 13.2 Å². The Morgan fingerprint density at radius 3 is 2.96 bits per heavy atom. The number of amides is 1. The highest BCUT2D eigenvalue weighted by atomic mass is 16.5. The highest BCUT2D eigenvalue weighted by Crippen LogP contribution is 2.21. The number of aromatic nitrogens is 2. The van der Waals surface area contributed by atoms with Crippen LogP contribution in [0.15, 0.2) is 35.4 Å². The van der Waals surface area contributed by atoms with E-state index < -0.39 is 0 Å². The van der Waals surface area contributed by atoms with Crippen LogP contribution in [0.4, 0.5) is 0 Å². The summed E-state index contributed by atoms with van der Waals surface area (Å²) >= 11 is 0. The van der Waals surface area contributed by atoms with Gasteiger partial charge in [0.25, 0.3) is 11.5 Å². The highest BCUT2D eigenvalue weighted by Gasteiger charge is 2.30. The lowest BCUT2D eigenvalue weighted by molar-refractivity contribution is 0.0923. The summed E-state index contributed by atoms with van der Waals surface area (Å²) in [7, 11) is 0. The van der Waals surface area contributed by atoms with E-state index in [4.69, 9.17) is 4.74 Å². The number of carbonyl (C=O) groups is 1. The highest BCUT2D eigenvalue weighted by molar-refractivity contribution is 5.94. The zero-order valence-corrected chi connectivity index (χ0v) is 14.0. The van der Waals surface area contributed by atoms with Gasteiger partial charge in [-0.25, -0.2) is 0 Å². The number of carbonyl (C=O) groups excluding carboxylic acids is 1. The van der Waals surface area contributed by atoms with Crippen molar-refractivity contribution in [3.8, 4) is 0 Å². The van der Waals surface area contributed by atoms with Crippen LogP contribution in [0.3, 0.4) is 0 Å². The molecule has 2 atom stereocenters. The van der Waals surface area contributed by atoms with E-state index >= 15 is 0 Å². The third kappa shape index (κ3) is 3.35. The van der Waals surface area contributed by atoms with Crippen molar-refractivity contribution in [3.05, 3.63) is 63.3 Å². The maximum atomic E-state index is 12.6. The number of H-pyrrole nitrogens is 1. The molecule has 2 N–H and O–H groups in total. The Balaban J connectivity index is 1.48. The van der Waals surface area contributed by atoms with Gasteiger partial charge >= 0.3 is 0 Å². The molecule has 1 aliphatic carbocycles. The molecule has 2 aromatic rings. The minimum atomic E-state index is -0.314. The number of hydrogen-bond donors (Lipinski definition) is 2. The molecule has 0 aromatic carbocycles. The van der Waals surface area contributed by atoms with Gasteiger partial charge in [0, 0.05) is 24.0 Å². The predicted molar refractivity (Wildman–Crippen MR) is 92.6 cm³/mol. The summed E-state index contributed by atoms with van der Waals surface area (Å²) in [5.74, 6) is -0.119. The number of aromatic amines is 1. The van der Waals surface area contributed by atoms with Crippen molar-refractivity contribution in [1.29, 1.82) is 0 Å². The lowest BCUT2D eigenvalue weighted by Gasteiger charge is -2.19. The van der Waals surface area contributed by atoms with Crippen molar-refractivity contribution in [3.63, 3.8) is 0 Å². The molecule has 1 saturated heterocycles. The molecular weight excluding hydrogens is 318 g/mol. The molecule has 130 valence electrons. The van der Waals surface area contributed by atoms with Crippen LogP contribution in [0.25, 0.3) is 0 Å². The Bertz CT molecular complexity index is 832. The zero-order chi connectivity index (χ0) is 17.2. The molecule has 2 aromatic heterocycles. The van der Waals surface area contributed by atoms with Gasteiger partial charge in [-0.3, -0.25) is 14.6 Å². The van der Waals surface area contributed by atoms with Gasteiger partial charge < -0.3 is 15.0 Å². The Kier molecular flexibility index (Phi) is 4.36. The smallest absolute Gasteiger partial charge is 0.261 e. The first-order valence-electron chi connectivity index (χ1n) is 8.73. The zero-order valence-electron chi connectivity index (χ0n) is 14.0. The van der Waals surface area contributed by atoms with Gasteiger partial charge in [-0.15, -0.1) is 0 Å². The van der Waals surface area contributed by atoms with Gasteiger partial charge in [0.05, 0.1) is 19.3 Å². The van der Waals surface area contributed by atoms with E-state index in [9.17, 15) is 9.59 Å². The van der Waals surface area contributed by atoms with E-state index in [1.54, 1.807) is 18.5 Å². The second-order valence-electron chi connectivity index (χ2n) is 6.81. The average molecular weight is 339 g/mol. The van der Waals surface area contributed by atoms with Crippen LogP contribution in [0, 0.1) is 5.92 Å². The lowest BCUT2D eigenvalue weighted by Crippen LogP contribution is -2.42. The van der Waals surface area contributed by atoms with Crippen LogP contribution >= 0.6 is 0 Å². The third-order valence-electron chi connectivity index (χ3n) is 5.09. The van der Waals surface area contributed by atoms with Crippen molar-refractivity contribution < 1.29 is 9.53 Å². The predicted octanol–water partition coefficient (Wildman–Crippen LogP) is 1.25. The van der Waals surface area contributed by atoms with Gasteiger partial charge in [-0.2, -0.15) is 0 Å². The molecule has 4 rings (SSSR count). The van der Waals surface area contributed by atoms with Gasteiger partial charge in [0.2, 0.25) is 0 Å². The van der Waals surface area contributed by atoms with Crippen molar-refractivity contribution in [1.82, 2.24) is 15.3 Å². The standard InChI is InChI=1S/C19H21N3O3/c23-18-15(9-13-2-1-3-16(13)21-18)19(24)22-17-11-25-10-14(17)8-12-4-6-20-7-5-12/h4-7,9,14,17H,1-3,8,10-11H2,(H,21,23)(H,22,24)/t14-,17-/m1/s1. The number of fused-ring (bicyclic) bond motifs is 1. The fraction of sp³-hybridized carbons (Fsp3) is 0.421. The van der Waals surface area contributed by atoms with Crippen molar-refractivity contribution in [2.24, 2.45) is 5.92 Å². The molecule has 2 aliphatic rings. The van der Waals surface area contributed by atoms with Crippen LogP contribution in [-0.4, -0.2) is 35.1 Å². The summed E-state index contributed by atoms with van der Waals surface area (Å²) in [6.07, 6.45) is 7.18.